The Morgan fingerprint density at radius 1 is 1.04 bits per heavy atom. The standard InChI is InChI=1S/C22H19NO4/c1-14(17-6-2-3-8-19(17)21(23)25)22(26)27-20-9-5-4-7-18(20)15-10-12-16(24)13-11-15/h2-12,14H,13H2,1H3,(H2,23,25). The molecule has 3 rings (SSSR count). The Labute approximate surface area is 157 Å². The van der Waals surface area contributed by atoms with Gasteiger partial charge in [-0.3, -0.25) is 14.4 Å². The molecule has 27 heavy (non-hydrogen) atoms. The second-order valence-electron chi connectivity index (χ2n) is 6.25. The lowest BCUT2D eigenvalue weighted by molar-refractivity contribution is -0.135. The van der Waals surface area contributed by atoms with Gasteiger partial charge in [0, 0.05) is 17.5 Å². The third-order valence-corrected chi connectivity index (χ3v) is 4.43. The fourth-order valence-electron chi connectivity index (χ4n) is 2.95. The van der Waals surface area contributed by atoms with Crippen LogP contribution in [0.1, 0.15) is 40.7 Å². The molecule has 2 aromatic carbocycles. The zero-order valence-electron chi connectivity index (χ0n) is 14.8. The van der Waals surface area contributed by atoms with E-state index in [0.29, 0.717) is 23.3 Å². The van der Waals surface area contributed by atoms with E-state index >= 15 is 0 Å². The quantitative estimate of drug-likeness (QED) is 0.653. The fraction of sp³-hybridized carbons (Fsp3) is 0.136. The number of rotatable bonds is 5. The minimum Gasteiger partial charge on any atom is -0.425 e. The summed E-state index contributed by atoms with van der Waals surface area (Å²) in [5.74, 6) is -1.32. The van der Waals surface area contributed by atoms with Gasteiger partial charge in [0.2, 0.25) is 5.91 Å². The molecule has 136 valence electrons. The Morgan fingerprint density at radius 2 is 1.74 bits per heavy atom. The van der Waals surface area contributed by atoms with E-state index in [9.17, 15) is 14.4 Å². The van der Waals surface area contributed by atoms with E-state index in [2.05, 4.69) is 0 Å². The summed E-state index contributed by atoms with van der Waals surface area (Å²) in [7, 11) is 0. The highest BCUT2D eigenvalue weighted by Gasteiger charge is 2.23. The smallest absolute Gasteiger partial charge is 0.318 e. The lowest BCUT2D eigenvalue weighted by Crippen LogP contribution is -2.21. The van der Waals surface area contributed by atoms with Gasteiger partial charge in [-0.05, 0) is 36.3 Å². The number of para-hydroxylation sites is 1. The SMILES string of the molecule is CC(C(=O)Oc1ccccc1C1=CCC(=O)C=C1)c1ccccc1C(N)=O. The van der Waals surface area contributed by atoms with Crippen molar-refractivity contribution in [3.63, 3.8) is 0 Å². The first-order valence-electron chi connectivity index (χ1n) is 8.58. The molecule has 1 unspecified atom stereocenters. The van der Waals surface area contributed by atoms with Crippen molar-refractivity contribution in [1.82, 2.24) is 0 Å². The topological polar surface area (TPSA) is 86.5 Å². The van der Waals surface area contributed by atoms with Gasteiger partial charge in [0.1, 0.15) is 5.75 Å². The molecule has 0 aromatic heterocycles. The number of esters is 1. The maximum atomic E-state index is 12.7. The molecule has 0 spiro atoms. The number of allylic oxidation sites excluding steroid dienone is 4. The van der Waals surface area contributed by atoms with Gasteiger partial charge >= 0.3 is 5.97 Å². The lowest BCUT2D eigenvalue weighted by atomic mass is 9.95. The van der Waals surface area contributed by atoms with Gasteiger partial charge in [-0.1, -0.05) is 48.6 Å². The van der Waals surface area contributed by atoms with Crippen molar-refractivity contribution in [2.24, 2.45) is 5.73 Å². The Bertz CT molecular complexity index is 972. The minimum atomic E-state index is -0.667. The summed E-state index contributed by atoms with van der Waals surface area (Å²) in [6.07, 6.45) is 5.35. The van der Waals surface area contributed by atoms with E-state index in [0.717, 1.165) is 11.1 Å². The van der Waals surface area contributed by atoms with E-state index < -0.39 is 17.8 Å². The first kappa shape index (κ1) is 18.3. The minimum absolute atomic E-state index is 0.0323. The number of hydrogen-bond acceptors (Lipinski definition) is 4. The van der Waals surface area contributed by atoms with Gasteiger partial charge < -0.3 is 10.5 Å². The summed E-state index contributed by atoms with van der Waals surface area (Å²) in [6.45, 7) is 1.67. The van der Waals surface area contributed by atoms with Crippen molar-refractivity contribution in [2.45, 2.75) is 19.3 Å². The fourth-order valence-corrected chi connectivity index (χ4v) is 2.95. The zero-order chi connectivity index (χ0) is 19.4. The number of hydrogen-bond donors (Lipinski definition) is 1. The van der Waals surface area contributed by atoms with Gasteiger partial charge in [-0.25, -0.2) is 0 Å². The summed E-state index contributed by atoms with van der Waals surface area (Å²) >= 11 is 0. The number of carbonyl (C=O) groups is 3. The number of amides is 1. The number of ether oxygens (including phenoxy) is 1. The monoisotopic (exact) mass is 361 g/mol. The molecule has 5 heteroatoms. The molecule has 5 nitrogen and oxygen atoms in total. The molecule has 0 bridgehead atoms. The number of nitrogens with two attached hydrogens (primary N) is 1. The van der Waals surface area contributed by atoms with Crippen LogP contribution in [0.3, 0.4) is 0 Å². The number of primary amides is 1. The van der Waals surface area contributed by atoms with Crippen LogP contribution in [0.5, 0.6) is 5.75 Å². The van der Waals surface area contributed by atoms with Crippen molar-refractivity contribution < 1.29 is 19.1 Å². The maximum absolute atomic E-state index is 12.7. The van der Waals surface area contributed by atoms with Crippen LogP contribution in [-0.4, -0.2) is 17.7 Å². The average Bonchev–Trinajstić information content (AvgIpc) is 2.68. The van der Waals surface area contributed by atoms with Crippen LogP contribution in [0.4, 0.5) is 0 Å². The molecule has 0 radical (unpaired) electrons. The zero-order valence-corrected chi connectivity index (χ0v) is 14.8. The molecular weight excluding hydrogens is 342 g/mol. The van der Waals surface area contributed by atoms with Crippen molar-refractivity contribution in [3.05, 3.63) is 83.4 Å². The van der Waals surface area contributed by atoms with Crippen molar-refractivity contribution in [2.75, 3.05) is 0 Å². The van der Waals surface area contributed by atoms with Crippen molar-refractivity contribution in [1.29, 1.82) is 0 Å². The predicted molar refractivity (Wildman–Crippen MR) is 102 cm³/mol. The highest BCUT2D eigenvalue weighted by Crippen LogP contribution is 2.30. The summed E-state index contributed by atoms with van der Waals surface area (Å²) < 4.78 is 5.63. The molecule has 0 aliphatic heterocycles. The molecule has 1 atom stereocenters. The average molecular weight is 361 g/mol. The summed E-state index contributed by atoms with van der Waals surface area (Å²) in [5, 5.41) is 0. The van der Waals surface area contributed by atoms with Crippen LogP contribution in [0.2, 0.25) is 0 Å². The van der Waals surface area contributed by atoms with Crippen LogP contribution in [0.25, 0.3) is 5.57 Å². The van der Waals surface area contributed by atoms with Crippen LogP contribution in [-0.2, 0) is 9.59 Å². The Morgan fingerprint density at radius 3 is 2.44 bits per heavy atom. The van der Waals surface area contributed by atoms with Gasteiger partial charge in [-0.2, -0.15) is 0 Å². The molecule has 1 amide bonds. The van der Waals surface area contributed by atoms with Gasteiger partial charge in [-0.15, -0.1) is 0 Å². The van der Waals surface area contributed by atoms with Gasteiger partial charge in [0.25, 0.3) is 0 Å². The molecule has 2 N–H and O–H groups in total. The van der Waals surface area contributed by atoms with E-state index in [-0.39, 0.29) is 5.78 Å². The maximum Gasteiger partial charge on any atom is 0.318 e. The van der Waals surface area contributed by atoms with E-state index in [1.54, 1.807) is 55.5 Å². The number of ketones is 1. The molecule has 0 saturated carbocycles. The van der Waals surface area contributed by atoms with Crippen LogP contribution >= 0.6 is 0 Å². The highest BCUT2D eigenvalue weighted by molar-refractivity contribution is 5.99. The third kappa shape index (κ3) is 4.03. The Kier molecular flexibility index (Phi) is 5.31. The molecule has 0 heterocycles. The summed E-state index contributed by atoms with van der Waals surface area (Å²) in [6, 6.07) is 13.9. The van der Waals surface area contributed by atoms with E-state index in [1.165, 1.54) is 6.08 Å². The summed E-state index contributed by atoms with van der Waals surface area (Å²) in [5.41, 5.74) is 7.77. The molecule has 1 aliphatic rings. The normalized spacial score (nSPS) is 14.4. The first-order chi connectivity index (χ1) is 13.0. The number of carbonyl (C=O) groups excluding carboxylic acids is 3. The predicted octanol–water partition coefficient (Wildman–Crippen LogP) is 3.41. The van der Waals surface area contributed by atoms with Crippen LogP contribution in [0, 0.1) is 0 Å². The molecule has 2 aromatic rings. The van der Waals surface area contributed by atoms with Crippen LogP contribution < -0.4 is 10.5 Å². The van der Waals surface area contributed by atoms with Gasteiger partial charge in [0.15, 0.2) is 5.78 Å². The molecule has 0 fully saturated rings. The lowest BCUT2D eigenvalue weighted by Gasteiger charge is -2.17. The second-order valence-corrected chi connectivity index (χ2v) is 6.25. The summed E-state index contributed by atoms with van der Waals surface area (Å²) in [4.78, 5) is 35.7. The van der Waals surface area contributed by atoms with E-state index in [4.69, 9.17) is 10.5 Å². The van der Waals surface area contributed by atoms with Gasteiger partial charge in [0.05, 0.1) is 5.92 Å². The second kappa shape index (κ2) is 7.83. The molecule has 1 aliphatic carbocycles. The third-order valence-electron chi connectivity index (χ3n) is 4.43. The number of benzene rings is 2. The first-order valence-corrected chi connectivity index (χ1v) is 8.58. The largest absolute Gasteiger partial charge is 0.425 e. The van der Waals surface area contributed by atoms with Crippen molar-refractivity contribution >= 4 is 23.2 Å². The Hall–Kier alpha value is -3.47. The van der Waals surface area contributed by atoms with Crippen molar-refractivity contribution in [3.8, 4) is 5.75 Å². The Balaban J connectivity index is 1.86. The van der Waals surface area contributed by atoms with Crippen LogP contribution in [0.15, 0.2) is 66.8 Å². The van der Waals surface area contributed by atoms with E-state index in [1.807, 2.05) is 12.1 Å². The highest BCUT2D eigenvalue weighted by atomic mass is 16.5. The molecular formula is C22H19NO4. The molecule has 0 saturated heterocycles.